The van der Waals surface area contributed by atoms with Crippen LogP contribution in [-0.4, -0.2) is 9.97 Å². The highest BCUT2D eigenvalue weighted by Crippen LogP contribution is 2.34. The Hall–Kier alpha value is -1.73. The Morgan fingerprint density at radius 2 is 2.17 bits per heavy atom. The highest BCUT2D eigenvalue weighted by atomic mass is 32.1. The Morgan fingerprint density at radius 3 is 2.72 bits per heavy atom. The number of pyridine rings is 1. The third kappa shape index (κ3) is 2.57. The summed E-state index contributed by atoms with van der Waals surface area (Å²) in [4.78, 5) is 9.87. The number of nitriles is 1. The maximum atomic E-state index is 8.91. The van der Waals surface area contributed by atoms with Crippen LogP contribution in [0.1, 0.15) is 31.3 Å². The zero-order chi connectivity index (χ0) is 13.2. The van der Waals surface area contributed by atoms with Gasteiger partial charge < -0.3 is 0 Å². The van der Waals surface area contributed by atoms with Crippen molar-refractivity contribution in [3.63, 3.8) is 0 Å². The first-order chi connectivity index (χ1) is 8.52. The van der Waals surface area contributed by atoms with Crippen molar-refractivity contribution in [1.82, 2.24) is 9.97 Å². The predicted octanol–water partition coefficient (Wildman–Crippen LogP) is 3.57. The van der Waals surface area contributed by atoms with Gasteiger partial charge in [-0.25, -0.2) is 4.98 Å². The number of nitrogens with zero attached hydrogens (tertiary/aromatic N) is 3. The molecule has 2 rings (SSSR count). The first-order valence-electron chi connectivity index (χ1n) is 5.80. The van der Waals surface area contributed by atoms with Crippen molar-refractivity contribution in [3.05, 3.63) is 35.1 Å². The summed E-state index contributed by atoms with van der Waals surface area (Å²) < 4.78 is 0. The van der Waals surface area contributed by atoms with E-state index in [0.29, 0.717) is 6.42 Å². The lowest BCUT2D eigenvalue weighted by Crippen LogP contribution is -2.13. The molecular weight excluding hydrogens is 242 g/mol. The Bertz CT molecular complexity index is 573. The molecule has 0 aromatic carbocycles. The van der Waals surface area contributed by atoms with Crippen molar-refractivity contribution in [2.45, 2.75) is 32.6 Å². The van der Waals surface area contributed by atoms with E-state index in [2.05, 4.69) is 31.8 Å². The number of thiazole rings is 1. The zero-order valence-corrected chi connectivity index (χ0v) is 11.6. The van der Waals surface area contributed by atoms with E-state index >= 15 is 0 Å². The molecule has 0 unspecified atom stereocenters. The molecule has 0 bridgehead atoms. The summed E-state index contributed by atoms with van der Waals surface area (Å²) in [6, 6.07) is 6.11. The number of aromatic nitrogens is 2. The highest BCUT2D eigenvalue weighted by molar-refractivity contribution is 7.15. The molecule has 3 nitrogen and oxygen atoms in total. The Balaban J connectivity index is 2.50. The molecule has 0 N–H and O–H groups in total. The summed E-state index contributed by atoms with van der Waals surface area (Å²) in [6.07, 6.45) is 3.98. The SMILES string of the molecule is CC(C)(C)c1nc(-c2cccnc2)sc1CC#N. The second-order valence-electron chi connectivity index (χ2n) is 5.12. The number of rotatable bonds is 2. The molecule has 0 radical (unpaired) electrons. The molecule has 0 aliphatic rings. The van der Waals surface area contributed by atoms with Crippen molar-refractivity contribution < 1.29 is 0 Å². The smallest absolute Gasteiger partial charge is 0.125 e. The fraction of sp³-hybridized carbons (Fsp3) is 0.357. The minimum absolute atomic E-state index is 0.0385. The van der Waals surface area contributed by atoms with E-state index in [1.54, 1.807) is 23.7 Å². The van der Waals surface area contributed by atoms with Crippen LogP contribution in [0.15, 0.2) is 24.5 Å². The second-order valence-corrected chi connectivity index (χ2v) is 6.20. The maximum absolute atomic E-state index is 8.91. The third-order valence-electron chi connectivity index (χ3n) is 2.56. The molecule has 0 aliphatic heterocycles. The van der Waals surface area contributed by atoms with Crippen molar-refractivity contribution >= 4 is 11.3 Å². The molecule has 2 aromatic rings. The topological polar surface area (TPSA) is 49.6 Å². The van der Waals surface area contributed by atoms with E-state index in [1.165, 1.54) is 0 Å². The van der Waals surface area contributed by atoms with Gasteiger partial charge in [-0.3, -0.25) is 4.98 Å². The summed E-state index contributed by atoms with van der Waals surface area (Å²) in [5.41, 5.74) is 1.99. The summed E-state index contributed by atoms with van der Waals surface area (Å²) in [7, 11) is 0. The molecule has 2 heterocycles. The minimum atomic E-state index is -0.0385. The molecule has 0 spiro atoms. The monoisotopic (exact) mass is 257 g/mol. The molecule has 0 saturated carbocycles. The zero-order valence-electron chi connectivity index (χ0n) is 10.8. The number of hydrogen-bond donors (Lipinski definition) is 0. The van der Waals surface area contributed by atoms with Crippen LogP contribution in [0.2, 0.25) is 0 Å². The quantitative estimate of drug-likeness (QED) is 0.826. The molecule has 4 heteroatoms. The summed E-state index contributed by atoms with van der Waals surface area (Å²) in [6.45, 7) is 6.36. The van der Waals surface area contributed by atoms with E-state index in [1.807, 2.05) is 12.1 Å². The van der Waals surface area contributed by atoms with Gasteiger partial charge in [-0.1, -0.05) is 20.8 Å². The Kier molecular flexibility index (Phi) is 3.44. The van der Waals surface area contributed by atoms with Crippen LogP contribution in [-0.2, 0) is 11.8 Å². The average Bonchev–Trinajstić information content (AvgIpc) is 2.75. The normalized spacial score (nSPS) is 11.2. The van der Waals surface area contributed by atoms with E-state index in [0.717, 1.165) is 21.1 Å². The van der Waals surface area contributed by atoms with Gasteiger partial charge >= 0.3 is 0 Å². The molecule has 2 aromatic heterocycles. The first kappa shape index (κ1) is 12.7. The van der Waals surface area contributed by atoms with Crippen molar-refractivity contribution in [3.8, 4) is 16.6 Å². The van der Waals surface area contributed by atoms with Crippen LogP contribution >= 0.6 is 11.3 Å². The van der Waals surface area contributed by atoms with Crippen molar-refractivity contribution in [2.24, 2.45) is 0 Å². The van der Waals surface area contributed by atoms with Crippen LogP contribution in [0, 0.1) is 11.3 Å². The minimum Gasteiger partial charge on any atom is -0.264 e. The largest absolute Gasteiger partial charge is 0.264 e. The van der Waals surface area contributed by atoms with Gasteiger partial charge in [-0.2, -0.15) is 5.26 Å². The molecule has 18 heavy (non-hydrogen) atoms. The van der Waals surface area contributed by atoms with Crippen molar-refractivity contribution in [1.29, 1.82) is 5.26 Å². The summed E-state index contributed by atoms with van der Waals surface area (Å²) in [5.74, 6) is 0. The molecule has 0 saturated heterocycles. The van der Waals surface area contributed by atoms with Crippen LogP contribution in [0.25, 0.3) is 10.6 Å². The van der Waals surface area contributed by atoms with Crippen LogP contribution in [0.5, 0.6) is 0 Å². The molecule has 0 fully saturated rings. The van der Waals surface area contributed by atoms with Crippen LogP contribution in [0.4, 0.5) is 0 Å². The number of hydrogen-bond acceptors (Lipinski definition) is 4. The lowest BCUT2D eigenvalue weighted by Gasteiger charge is -2.16. The Labute approximate surface area is 111 Å². The average molecular weight is 257 g/mol. The maximum Gasteiger partial charge on any atom is 0.125 e. The van der Waals surface area contributed by atoms with Gasteiger partial charge in [-0.15, -0.1) is 11.3 Å². The van der Waals surface area contributed by atoms with E-state index < -0.39 is 0 Å². The predicted molar refractivity (Wildman–Crippen MR) is 73.4 cm³/mol. The molecule has 92 valence electrons. The summed E-state index contributed by atoms with van der Waals surface area (Å²) >= 11 is 1.59. The van der Waals surface area contributed by atoms with Gasteiger partial charge in [0.05, 0.1) is 18.2 Å². The van der Waals surface area contributed by atoms with Crippen LogP contribution < -0.4 is 0 Å². The third-order valence-corrected chi connectivity index (χ3v) is 3.66. The van der Waals surface area contributed by atoms with Gasteiger partial charge in [0.15, 0.2) is 0 Å². The van der Waals surface area contributed by atoms with Gasteiger partial charge in [0.25, 0.3) is 0 Å². The molecular formula is C14H15N3S. The highest BCUT2D eigenvalue weighted by Gasteiger charge is 2.23. The fourth-order valence-electron chi connectivity index (χ4n) is 1.74. The van der Waals surface area contributed by atoms with Gasteiger partial charge in [0.2, 0.25) is 0 Å². The standard InChI is InChI=1S/C14H15N3S/c1-14(2,3)12-11(6-7-15)18-13(17-12)10-5-4-8-16-9-10/h4-5,8-9H,6H2,1-3H3. The van der Waals surface area contributed by atoms with E-state index in [-0.39, 0.29) is 5.41 Å². The van der Waals surface area contributed by atoms with Gasteiger partial charge in [0.1, 0.15) is 5.01 Å². The van der Waals surface area contributed by atoms with E-state index in [9.17, 15) is 0 Å². The summed E-state index contributed by atoms with van der Waals surface area (Å²) in [5, 5.41) is 9.85. The molecule has 0 amide bonds. The molecule has 0 atom stereocenters. The van der Waals surface area contributed by atoms with Gasteiger partial charge in [-0.05, 0) is 12.1 Å². The van der Waals surface area contributed by atoms with E-state index in [4.69, 9.17) is 10.2 Å². The Morgan fingerprint density at radius 1 is 1.39 bits per heavy atom. The lowest BCUT2D eigenvalue weighted by molar-refractivity contribution is 0.568. The van der Waals surface area contributed by atoms with Crippen LogP contribution in [0.3, 0.4) is 0 Å². The fourth-order valence-corrected chi connectivity index (χ4v) is 2.94. The second kappa shape index (κ2) is 4.87. The van der Waals surface area contributed by atoms with Gasteiger partial charge in [0, 0.05) is 28.2 Å². The van der Waals surface area contributed by atoms with Crippen molar-refractivity contribution in [2.75, 3.05) is 0 Å². The first-order valence-corrected chi connectivity index (χ1v) is 6.61. The lowest BCUT2D eigenvalue weighted by atomic mass is 9.91. The molecule has 0 aliphatic carbocycles.